The average Bonchev–Trinajstić information content (AvgIpc) is 3.40. The third-order valence-corrected chi connectivity index (χ3v) is 6.16. The molecule has 0 bridgehead atoms. The number of imidazole rings is 1. The van der Waals surface area contributed by atoms with E-state index < -0.39 is 29.9 Å². The number of amides is 2. The molecule has 0 aliphatic heterocycles. The number of hydrogen-bond acceptors (Lipinski definition) is 6. The van der Waals surface area contributed by atoms with E-state index in [1.165, 1.54) is 24.5 Å². The van der Waals surface area contributed by atoms with Gasteiger partial charge in [-0.2, -0.15) is 0 Å². The van der Waals surface area contributed by atoms with E-state index in [1.807, 2.05) is 6.92 Å². The number of rotatable bonds is 12. The molecule has 3 atom stereocenters. The Morgan fingerprint density at radius 3 is 2.54 bits per heavy atom. The van der Waals surface area contributed by atoms with Crippen LogP contribution in [0.3, 0.4) is 0 Å². The van der Waals surface area contributed by atoms with E-state index in [-0.39, 0.29) is 23.8 Å². The van der Waals surface area contributed by atoms with Crippen LogP contribution in [0.5, 0.6) is 5.75 Å². The molecule has 37 heavy (non-hydrogen) atoms. The summed E-state index contributed by atoms with van der Waals surface area (Å²) >= 11 is 5.91. The topological polar surface area (TPSA) is 159 Å². The first-order valence-electron chi connectivity index (χ1n) is 11.8. The molecule has 1 aromatic heterocycles. The van der Waals surface area contributed by atoms with Crippen molar-refractivity contribution in [1.29, 1.82) is 0 Å². The lowest BCUT2D eigenvalue weighted by Crippen LogP contribution is -2.45. The van der Waals surface area contributed by atoms with Gasteiger partial charge in [0.1, 0.15) is 18.4 Å². The Kier molecular flexibility index (Phi) is 9.64. The summed E-state index contributed by atoms with van der Waals surface area (Å²) in [5, 5.41) is 15.4. The monoisotopic (exact) mass is 527 g/mol. The molecule has 10 nitrogen and oxygen atoms in total. The molecule has 196 valence electrons. The molecule has 0 saturated carbocycles. The van der Waals surface area contributed by atoms with Crippen molar-refractivity contribution in [3.8, 4) is 5.75 Å². The van der Waals surface area contributed by atoms with Crippen molar-refractivity contribution < 1.29 is 24.2 Å². The highest BCUT2D eigenvalue weighted by molar-refractivity contribution is 6.30. The number of nitrogens with zero attached hydrogens (tertiary/aromatic N) is 1. The number of carboxylic acid groups (broad SMARTS) is 1. The normalized spacial score (nSPS) is 13.3. The van der Waals surface area contributed by atoms with Crippen molar-refractivity contribution in [2.24, 2.45) is 11.7 Å². The van der Waals surface area contributed by atoms with Crippen LogP contribution in [0, 0.1) is 5.92 Å². The van der Waals surface area contributed by atoms with Gasteiger partial charge in [-0.15, -0.1) is 0 Å². The Labute approximate surface area is 219 Å². The summed E-state index contributed by atoms with van der Waals surface area (Å²) in [7, 11) is 0. The molecule has 2 amide bonds. The maximum absolute atomic E-state index is 12.9. The first-order valence-corrected chi connectivity index (χ1v) is 12.1. The largest absolute Gasteiger partial charge is 0.485 e. The van der Waals surface area contributed by atoms with Crippen LogP contribution < -0.4 is 21.1 Å². The van der Waals surface area contributed by atoms with Crippen LogP contribution in [-0.2, 0) is 22.6 Å². The number of aromatic amines is 1. The van der Waals surface area contributed by atoms with Crippen molar-refractivity contribution in [1.82, 2.24) is 15.3 Å². The van der Waals surface area contributed by atoms with Gasteiger partial charge < -0.3 is 31.2 Å². The minimum absolute atomic E-state index is 0.0926. The molecule has 0 spiro atoms. The second-order valence-corrected chi connectivity index (χ2v) is 9.11. The van der Waals surface area contributed by atoms with Crippen LogP contribution in [-0.4, -0.2) is 44.9 Å². The van der Waals surface area contributed by atoms with E-state index in [9.17, 15) is 19.5 Å². The van der Waals surface area contributed by atoms with E-state index in [1.54, 1.807) is 37.4 Å². The van der Waals surface area contributed by atoms with E-state index in [4.69, 9.17) is 22.1 Å². The highest BCUT2D eigenvalue weighted by Gasteiger charge is 2.26. The Balaban J connectivity index is 1.79. The highest BCUT2D eigenvalue weighted by Crippen LogP contribution is 2.27. The molecule has 6 N–H and O–H groups in total. The number of carbonyl (C=O) groups is 3. The van der Waals surface area contributed by atoms with Gasteiger partial charge >= 0.3 is 5.97 Å². The van der Waals surface area contributed by atoms with Crippen molar-refractivity contribution in [2.75, 3.05) is 5.32 Å². The third-order valence-electron chi connectivity index (χ3n) is 5.91. The van der Waals surface area contributed by atoms with Crippen molar-refractivity contribution in [2.45, 2.75) is 45.4 Å². The standard InChI is InChI=1S/C26H30ClN5O5/c1-3-15(2)23(26(35)36)32-24(33)17-6-9-21(22(11-17)37-13-19-12-29-14-30-19)31-25(34)20(28)10-16-4-7-18(27)8-5-16/h4-9,11-12,14-15,20,23H,3,10,13,28H2,1-2H3,(H,29,30)(H,31,34)(H,32,33)(H,35,36)/t15-,20-,23-/m0/s1. The van der Waals surface area contributed by atoms with Crippen molar-refractivity contribution >= 4 is 35.1 Å². The van der Waals surface area contributed by atoms with Gasteiger partial charge in [0, 0.05) is 10.6 Å². The second-order valence-electron chi connectivity index (χ2n) is 8.68. The molecular weight excluding hydrogens is 498 g/mol. The summed E-state index contributed by atoms with van der Waals surface area (Å²) in [4.78, 5) is 44.2. The molecule has 2 aromatic carbocycles. The minimum Gasteiger partial charge on any atom is -0.485 e. The first kappa shape index (κ1) is 27.7. The van der Waals surface area contributed by atoms with E-state index >= 15 is 0 Å². The second kappa shape index (κ2) is 12.9. The molecule has 0 unspecified atom stereocenters. The maximum Gasteiger partial charge on any atom is 0.326 e. The van der Waals surface area contributed by atoms with Gasteiger partial charge in [-0.05, 0) is 48.2 Å². The van der Waals surface area contributed by atoms with E-state index in [2.05, 4.69) is 20.6 Å². The molecule has 11 heteroatoms. The summed E-state index contributed by atoms with van der Waals surface area (Å²) in [6.45, 7) is 3.70. The van der Waals surface area contributed by atoms with Crippen molar-refractivity contribution in [3.63, 3.8) is 0 Å². The van der Waals surface area contributed by atoms with Crippen LogP contribution in [0.25, 0.3) is 0 Å². The number of aromatic nitrogens is 2. The van der Waals surface area contributed by atoms with E-state index in [0.29, 0.717) is 29.2 Å². The average molecular weight is 528 g/mol. The zero-order valence-corrected chi connectivity index (χ0v) is 21.3. The summed E-state index contributed by atoms with van der Waals surface area (Å²) in [6.07, 6.45) is 3.96. The highest BCUT2D eigenvalue weighted by atomic mass is 35.5. The van der Waals surface area contributed by atoms with Gasteiger partial charge in [0.2, 0.25) is 5.91 Å². The van der Waals surface area contributed by atoms with Gasteiger partial charge in [-0.1, -0.05) is 44.0 Å². The number of nitrogens with two attached hydrogens (primary N) is 1. The smallest absolute Gasteiger partial charge is 0.326 e. The van der Waals surface area contributed by atoms with Crippen LogP contribution in [0.15, 0.2) is 55.0 Å². The number of carboxylic acids is 1. The van der Waals surface area contributed by atoms with Crippen LogP contribution in [0.1, 0.15) is 41.9 Å². The number of carbonyl (C=O) groups excluding carboxylic acids is 2. The quantitative estimate of drug-likeness (QED) is 0.241. The molecule has 0 saturated heterocycles. The number of anilines is 1. The molecule has 0 fully saturated rings. The van der Waals surface area contributed by atoms with Crippen LogP contribution >= 0.6 is 11.6 Å². The van der Waals surface area contributed by atoms with Crippen LogP contribution in [0.4, 0.5) is 5.69 Å². The Hall–Kier alpha value is -3.89. The molecule has 0 radical (unpaired) electrons. The Morgan fingerprint density at radius 2 is 1.92 bits per heavy atom. The van der Waals surface area contributed by atoms with Crippen molar-refractivity contribution in [3.05, 3.63) is 76.8 Å². The maximum atomic E-state index is 12.9. The molecule has 0 aliphatic carbocycles. The third kappa shape index (κ3) is 7.80. The number of aliphatic carboxylic acids is 1. The lowest BCUT2D eigenvalue weighted by Gasteiger charge is -2.21. The summed E-state index contributed by atoms with van der Waals surface area (Å²) in [5.74, 6) is -2.18. The predicted octanol–water partition coefficient (Wildman–Crippen LogP) is 3.38. The fraction of sp³-hybridized carbons (Fsp3) is 0.308. The van der Waals surface area contributed by atoms with Gasteiger partial charge in [-0.3, -0.25) is 9.59 Å². The zero-order chi connectivity index (χ0) is 26.9. The number of benzene rings is 2. The fourth-order valence-electron chi connectivity index (χ4n) is 3.51. The zero-order valence-electron chi connectivity index (χ0n) is 20.5. The lowest BCUT2D eigenvalue weighted by molar-refractivity contribution is -0.140. The van der Waals surface area contributed by atoms with Gasteiger partial charge in [0.25, 0.3) is 5.91 Å². The van der Waals surface area contributed by atoms with E-state index in [0.717, 1.165) is 5.56 Å². The number of hydrogen-bond donors (Lipinski definition) is 5. The minimum atomic E-state index is -1.11. The number of ether oxygens (including phenoxy) is 1. The van der Waals surface area contributed by atoms with Gasteiger partial charge in [0.15, 0.2) is 0 Å². The van der Waals surface area contributed by atoms with Crippen LogP contribution in [0.2, 0.25) is 5.02 Å². The fourth-order valence-corrected chi connectivity index (χ4v) is 3.63. The SMILES string of the molecule is CC[C@H](C)[C@H](NC(=O)c1ccc(NC(=O)[C@@H](N)Cc2ccc(Cl)cc2)c(OCc2cnc[nH]2)c1)C(=O)O. The number of H-pyrrole nitrogens is 1. The molecular formula is C26H30ClN5O5. The Morgan fingerprint density at radius 1 is 1.19 bits per heavy atom. The summed E-state index contributed by atoms with van der Waals surface area (Å²) in [5.41, 5.74) is 8.13. The first-order chi connectivity index (χ1) is 17.7. The molecule has 0 aliphatic rings. The van der Waals surface area contributed by atoms with Gasteiger partial charge in [0.05, 0.1) is 29.9 Å². The Bertz CT molecular complexity index is 1220. The summed E-state index contributed by atoms with van der Waals surface area (Å²) in [6, 6.07) is 9.59. The molecule has 3 aromatic rings. The van der Waals surface area contributed by atoms with Gasteiger partial charge in [-0.25, -0.2) is 9.78 Å². The predicted molar refractivity (Wildman–Crippen MR) is 139 cm³/mol. The lowest BCUT2D eigenvalue weighted by atomic mass is 9.99. The number of halogens is 1. The summed E-state index contributed by atoms with van der Waals surface area (Å²) < 4.78 is 5.87. The molecule has 1 heterocycles. The molecule has 3 rings (SSSR count). The number of nitrogens with one attached hydrogen (secondary N) is 3.